The van der Waals surface area contributed by atoms with Crippen LogP contribution in [-0.2, 0) is 6.42 Å². The second-order valence-corrected chi connectivity index (χ2v) is 2.96. The normalized spacial score (nSPS) is 14.9. The fraction of sp³-hybridized carbons (Fsp3) is 0.333. The zero-order valence-corrected chi connectivity index (χ0v) is 6.81. The zero-order chi connectivity index (χ0) is 9.42. The van der Waals surface area contributed by atoms with Gasteiger partial charge in [-0.2, -0.15) is 8.78 Å². The first kappa shape index (κ1) is 8.29. The molecule has 2 rings (SSSR count). The molecule has 1 heterocycles. The van der Waals surface area contributed by atoms with Gasteiger partial charge in [0.05, 0.1) is 6.61 Å². The number of aryl methyl sites for hydroxylation is 1. The van der Waals surface area contributed by atoms with Crippen molar-refractivity contribution in [2.45, 2.75) is 12.8 Å². The lowest BCUT2D eigenvalue weighted by atomic mass is 10.1. The largest absolute Gasteiger partial charge is 0.505 e. The first-order chi connectivity index (χ1) is 6.20. The highest BCUT2D eigenvalue weighted by molar-refractivity contribution is 5.43. The fourth-order valence-electron chi connectivity index (χ4n) is 1.43. The summed E-state index contributed by atoms with van der Waals surface area (Å²) in [6.45, 7) is 0.397. The summed E-state index contributed by atoms with van der Waals surface area (Å²) >= 11 is 0. The quantitative estimate of drug-likeness (QED) is 0.671. The minimum absolute atomic E-state index is 0.0541. The Balaban J connectivity index is 2.60. The lowest BCUT2D eigenvalue weighted by molar-refractivity contribution is 0.264. The maximum absolute atomic E-state index is 13.1. The molecule has 0 spiro atoms. The van der Waals surface area contributed by atoms with Gasteiger partial charge in [-0.15, -0.1) is 0 Å². The topological polar surface area (TPSA) is 29.5 Å². The Morgan fingerprint density at radius 3 is 2.85 bits per heavy atom. The van der Waals surface area contributed by atoms with E-state index >= 15 is 0 Å². The van der Waals surface area contributed by atoms with Gasteiger partial charge in [0.15, 0.2) is 11.5 Å². The van der Waals surface area contributed by atoms with Gasteiger partial charge in [-0.3, -0.25) is 0 Å². The molecule has 1 aliphatic rings. The second kappa shape index (κ2) is 2.87. The first-order valence-electron chi connectivity index (χ1n) is 4.03. The molecule has 0 bridgehead atoms. The van der Waals surface area contributed by atoms with Gasteiger partial charge in [0.25, 0.3) is 0 Å². The van der Waals surface area contributed by atoms with Gasteiger partial charge in [-0.05, 0) is 18.9 Å². The number of ether oxygens (including phenoxy) is 1. The third kappa shape index (κ3) is 1.22. The molecule has 0 fully saturated rings. The standard InChI is InChI=1S/C9H8F2O2/c10-7-6(12)4-5-2-1-3-13-9(5)8(7)11/h4,12H,1-3H2. The Bertz CT molecular complexity index is 350. The average molecular weight is 186 g/mol. The van der Waals surface area contributed by atoms with E-state index in [-0.39, 0.29) is 5.75 Å². The lowest BCUT2D eigenvalue weighted by Crippen LogP contribution is -2.10. The molecule has 1 N–H and O–H groups in total. The third-order valence-electron chi connectivity index (χ3n) is 2.06. The van der Waals surface area contributed by atoms with Gasteiger partial charge >= 0.3 is 0 Å². The molecule has 1 aromatic carbocycles. The Morgan fingerprint density at radius 2 is 2.08 bits per heavy atom. The number of phenolic OH excluding ortho intramolecular Hbond substituents is 1. The Morgan fingerprint density at radius 1 is 1.31 bits per heavy atom. The Hall–Kier alpha value is -1.32. The van der Waals surface area contributed by atoms with Crippen LogP contribution in [0.3, 0.4) is 0 Å². The second-order valence-electron chi connectivity index (χ2n) is 2.96. The van der Waals surface area contributed by atoms with Gasteiger partial charge < -0.3 is 9.84 Å². The maximum Gasteiger partial charge on any atom is 0.204 e. The van der Waals surface area contributed by atoms with Crippen molar-refractivity contribution in [2.75, 3.05) is 6.61 Å². The van der Waals surface area contributed by atoms with Crippen molar-refractivity contribution in [3.63, 3.8) is 0 Å². The van der Waals surface area contributed by atoms with Crippen LogP contribution in [0, 0.1) is 11.6 Å². The molecule has 1 aromatic rings. The predicted octanol–water partition coefficient (Wildman–Crippen LogP) is 2.00. The number of rotatable bonds is 0. The first-order valence-corrected chi connectivity index (χ1v) is 4.03. The molecule has 2 nitrogen and oxygen atoms in total. The van der Waals surface area contributed by atoms with Crippen molar-refractivity contribution in [1.29, 1.82) is 0 Å². The molecule has 0 aliphatic carbocycles. The molecule has 0 aromatic heterocycles. The van der Waals surface area contributed by atoms with E-state index in [1.165, 1.54) is 6.07 Å². The summed E-state index contributed by atoms with van der Waals surface area (Å²) in [6, 6.07) is 1.22. The molecule has 0 amide bonds. The molecular formula is C9H8F2O2. The summed E-state index contributed by atoms with van der Waals surface area (Å²) in [6.07, 6.45) is 1.37. The summed E-state index contributed by atoms with van der Waals surface area (Å²) in [4.78, 5) is 0. The van der Waals surface area contributed by atoms with Crippen LogP contribution in [0.5, 0.6) is 11.5 Å². The molecule has 4 heteroatoms. The maximum atomic E-state index is 13.1. The number of halogens is 2. The molecule has 0 atom stereocenters. The van der Waals surface area contributed by atoms with Crippen molar-refractivity contribution in [3.05, 3.63) is 23.3 Å². The molecule has 70 valence electrons. The van der Waals surface area contributed by atoms with Crippen LogP contribution in [0.15, 0.2) is 6.07 Å². The van der Waals surface area contributed by atoms with E-state index in [1.54, 1.807) is 0 Å². The summed E-state index contributed by atoms with van der Waals surface area (Å²) in [5.74, 6) is -3.03. The smallest absolute Gasteiger partial charge is 0.204 e. The zero-order valence-electron chi connectivity index (χ0n) is 6.81. The van der Waals surface area contributed by atoms with Crippen LogP contribution in [0.1, 0.15) is 12.0 Å². The third-order valence-corrected chi connectivity index (χ3v) is 2.06. The van der Waals surface area contributed by atoms with Crippen molar-refractivity contribution in [2.24, 2.45) is 0 Å². The SMILES string of the molecule is Oc1cc2c(c(F)c1F)OCCC2. The van der Waals surface area contributed by atoms with Gasteiger partial charge in [0.1, 0.15) is 0 Å². The van der Waals surface area contributed by atoms with E-state index in [9.17, 15) is 8.78 Å². The Kier molecular flexibility index (Phi) is 1.83. The van der Waals surface area contributed by atoms with Crippen molar-refractivity contribution in [3.8, 4) is 11.5 Å². The number of aromatic hydroxyl groups is 1. The highest BCUT2D eigenvalue weighted by Gasteiger charge is 2.21. The minimum Gasteiger partial charge on any atom is -0.505 e. The van der Waals surface area contributed by atoms with Crippen LogP contribution < -0.4 is 4.74 Å². The van der Waals surface area contributed by atoms with Crippen LogP contribution in [0.4, 0.5) is 8.78 Å². The van der Waals surface area contributed by atoms with Crippen LogP contribution >= 0.6 is 0 Å². The summed E-state index contributed by atoms with van der Waals surface area (Å²) < 4.78 is 30.9. The van der Waals surface area contributed by atoms with Gasteiger partial charge in [0.2, 0.25) is 11.6 Å². The van der Waals surface area contributed by atoms with E-state index in [2.05, 4.69) is 0 Å². The van der Waals surface area contributed by atoms with Crippen molar-refractivity contribution >= 4 is 0 Å². The summed E-state index contributed by atoms with van der Waals surface area (Å²) in [7, 11) is 0. The molecule has 1 aliphatic heterocycles. The molecule has 0 saturated heterocycles. The molecular weight excluding hydrogens is 178 g/mol. The molecule has 0 radical (unpaired) electrons. The monoisotopic (exact) mass is 186 g/mol. The van der Waals surface area contributed by atoms with Gasteiger partial charge in [-0.1, -0.05) is 0 Å². The van der Waals surface area contributed by atoms with Crippen molar-refractivity contribution < 1.29 is 18.6 Å². The summed E-state index contributed by atoms with van der Waals surface area (Å²) in [5, 5.41) is 8.99. The van der Waals surface area contributed by atoms with E-state index < -0.39 is 17.4 Å². The van der Waals surface area contributed by atoms with Crippen LogP contribution in [-0.4, -0.2) is 11.7 Å². The predicted molar refractivity (Wildman–Crippen MR) is 41.8 cm³/mol. The van der Waals surface area contributed by atoms with E-state index in [0.29, 0.717) is 18.6 Å². The molecule has 0 unspecified atom stereocenters. The number of fused-ring (bicyclic) bond motifs is 1. The Labute approximate surface area is 73.8 Å². The van der Waals surface area contributed by atoms with Crippen LogP contribution in [0.25, 0.3) is 0 Å². The van der Waals surface area contributed by atoms with E-state index in [1.807, 2.05) is 0 Å². The fourth-order valence-corrected chi connectivity index (χ4v) is 1.43. The molecule has 0 saturated carbocycles. The number of benzene rings is 1. The number of hydrogen-bond donors (Lipinski definition) is 1. The highest BCUT2D eigenvalue weighted by atomic mass is 19.2. The van der Waals surface area contributed by atoms with E-state index in [0.717, 1.165) is 6.42 Å². The highest BCUT2D eigenvalue weighted by Crippen LogP contribution is 2.34. The molecule has 13 heavy (non-hydrogen) atoms. The van der Waals surface area contributed by atoms with Gasteiger partial charge in [-0.25, -0.2) is 0 Å². The van der Waals surface area contributed by atoms with Crippen LogP contribution in [0.2, 0.25) is 0 Å². The summed E-state index contributed by atoms with van der Waals surface area (Å²) in [5.41, 5.74) is 0.530. The lowest BCUT2D eigenvalue weighted by Gasteiger charge is -2.18. The van der Waals surface area contributed by atoms with Crippen molar-refractivity contribution in [1.82, 2.24) is 0 Å². The minimum atomic E-state index is -1.24. The van der Waals surface area contributed by atoms with Gasteiger partial charge in [0, 0.05) is 5.56 Å². The number of hydrogen-bond acceptors (Lipinski definition) is 2. The van der Waals surface area contributed by atoms with E-state index in [4.69, 9.17) is 9.84 Å². The average Bonchev–Trinajstić information content (AvgIpc) is 2.15. The number of phenols is 1.